The fourth-order valence-corrected chi connectivity index (χ4v) is 4.08. The number of methoxy groups -OCH3 is 1. The van der Waals surface area contributed by atoms with Gasteiger partial charge in [-0.15, -0.1) is 11.3 Å². The molecule has 28 heavy (non-hydrogen) atoms. The number of carbonyl (C=O) groups is 1. The van der Waals surface area contributed by atoms with Crippen molar-refractivity contribution in [2.75, 3.05) is 31.8 Å². The Hall–Kier alpha value is -2.77. The molecule has 3 aromatic rings. The lowest BCUT2D eigenvalue weighted by Crippen LogP contribution is -2.50. The molecule has 1 saturated heterocycles. The highest BCUT2D eigenvalue weighted by Gasteiger charge is 2.32. The number of thiazole rings is 1. The molecule has 7 heteroatoms. The van der Waals surface area contributed by atoms with Crippen LogP contribution in [-0.2, 0) is 14.3 Å². The number of hydrogen-bond acceptors (Lipinski definition) is 6. The van der Waals surface area contributed by atoms with Crippen molar-refractivity contribution in [3.8, 4) is 22.4 Å². The van der Waals surface area contributed by atoms with Gasteiger partial charge in [0, 0.05) is 17.5 Å². The van der Waals surface area contributed by atoms with Gasteiger partial charge in [0.25, 0.3) is 0 Å². The van der Waals surface area contributed by atoms with Crippen molar-refractivity contribution in [1.82, 2.24) is 4.98 Å². The highest BCUT2D eigenvalue weighted by molar-refractivity contribution is 7.14. The molecule has 2 aromatic carbocycles. The first kappa shape index (κ1) is 18.6. The number of aromatic nitrogens is 1. The monoisotopic (exact) mass is 398 g/mol. The summed E-state index contributed by atoms with van der Waals surface area (Å²) in [6.07, 6.45) is 0. The zero-order valence-electron chi connectivity index (χ0n) is 15.3. The number of esters is 1. The van der Waals surface area contributed by atoms with Gasteiger partial charge in [-0.05, 0) is 23.3 Å². The number of benzene rings is 2. The maximum Gasteiger partial charge on any atom is 0.330 e. The van der Waals surface area contributed by atoms with E-state index in [1.165, 1.54) is 30.6 Å². The SMILES string of the molecule is COC(=O)C1COCCN1c1nc(-c2ccc(-c3ccc(F)cc3)cc2)cs1. The topological polar surface area (TPSA) is 51.7 Å². The molecule has 0 spiro atoms. The number of ether oxygens (including phenoxy) is 2. The maximum absolute atomic E-state index is 13.1. The average Bonchev–Trinajstić information content (AvgIpc) is 3.24. The lowest BCUT2D eigenvalue weighted by molar-refractivity contribution is -0.144. The molecular formula is C21H19FN2O3S. The van der Waals surface area contributed by atoms with E-state index in [1.54, 1.807) is 12.1 Å². The predicted molar refractivity (Wildman–Crippen MR) is 107 cm³/mol. The van der Waals surface area contributed by atoms with E-state index in [0.29, 0.717) is 19.8 Å². The summed E-state index contributed by atoms with van der Waals surface area (Å²) in [4.78, 5) is 18.7. The van der Waals surface area contributed by atoms with Crippen LogP contribution >= 0.6 is 11.3 Å². The second-order valence-corrected chi connectivity index (χ2v) is 7.24. The van der Waals surface area contributed by atoms with E-state index in [0.717, 1.165) is 27.5 Å². The Balaban J connectivity index is 1.55. The molecule has 0 aliphatic carbocycles. The Kier molecular flexibility index (Phi) is 5.36. The molecule has 0 saturated carbocycles. The van der Waals surface area contributed by atoms with Gasteiger partial charge >= 0.3 is 5.97 Å². The number of halogens is 1. The van der Waals surface area contributed by atoms with Crippen LogP contribution in [0.3, 0.4) is 0 Å². The Morgan fingerprint density at radius 3 is 2.46 bits per heavy atom. The van der Waals surface area contributed by atoms with Gasteiger partial charge in [0.1, 0.15) is 5.82 Å². The first-order valence-electron chi connectivity index (χ1n) is 8.90. The van der Waals surface area contributed by atoms with Gasteiger partial charge in [-0.3, -0.25) is 0 Å². The summed E-state index contributed by atoms with van der Waals surface area (Å²) in [5, 5.41) is 2.75. The van der Waals surface area contributed by atoms with Crippen molar-refractivity contribution in [3.05, 3.63) is 59.7 Å². The lowest BCUT2D eigenvalue weighted by Gasteiger charge is -2.33. The molecule has 5 nitrogen and oxygen atoms in total. The Labute approximate surface area is 166 Å². The van der Waals surface area contributed by atoms with E-state index in [4.69, 9.17) is 14.5 Å². The third-order valence-electron chi connectivity index (χ3n) is 4.70. The molecule has 1 unspecified atom stereocenters. The number of nitrogens with zero attached hydrogens (tertiary/aromatic N) is 2. The average molecular weight is 398 g/mol. The van der Waals surface area contributed by atoms with Crippen LogP contribution in [0.2, 0.25) is 0 Å². The fourth-order valence-electron chi connectivity index (χ4n) is 3.17. The normalized spacial score (nSPS) is 16.8. The molecular weight excluding hydrogens is 379 g/mol. The summed E-state index contributed by atoms with van der Waals surface area (Å²) >= 11 is 1.49. The molecule has 144 valence electrons. The third-order valence-corrected chi connectivity index (χ3v) is 5.58. The molecule has 1 aromatic heterocycles. The largest absolute Gasteiger partial charge is 0.467 e. The van der Waals surface area contributed by atoms with Crippen LogP contribution in [0, 0.1) is 5.82 Å². The number of hydrogen-bond donors (Lipinski definition) is 0. The summed E-state index contributed by atoms with van der Waals surface area (Å²) in [7, 11) is 1.38. The smallest absolute Gasteiger partial charge is 0.330 e. The van der Waals surface area contributed by atoms with Gasteiger partial charge in [-0.25, -0.2) is 14.2 Å². The van der Waals surface area contributed by atoms with Crippen LogP contribution in [0.5, 0.6) is 0 Å². The Morgan fingerprint density at radius 1 is 1.14 bits per heavy atom. The summed E-state index contributed by atoms with van der Waals surface area (Å²) in [6, 6.07) is 13.9. The maximum atomic E-state index is 13.1. The van der Waals surface area contributed by atoms with Crippen molar-refractivity contribution in [2.24, 2.45) is 0 Å². The molecule has 0 bridgehead atoms. The van der Waals surface area contributed by atoms with Gasteiger partial charge < -0.3 is 14.4 Å². The van der Waals surface area contributed by atoms with Gasteiger partial charge in [-0.1, -0.05) is 36.4 Å². The van der Waals surface area contributed by atoms with Crippen molar-refractivity contribution >= 4 is 22.4 Å². The van der Waals surface area contributed by atoms with Crippen molar-refractivity contribution in [1.29, 1.82) is 0 Å². The van der Waals surface area contributed by atoms with E-state index in [-0.39, 0.29) is 11.8 Å². The van der Waals surface area contributed by atoms with Crippen LogP contribution in [0.4, 0.5) is 9.52 Å². The number of carbonyl (C=O) groups excluding carboxylic acids is 1. The summed E-state index contributed by atoms with van der Waals surface area (Å²) in [5.74, 6) is -0.566. The highest BCUT2D eigenvalue weighted by atomic mass is 32.1. The predicted octanol–water partition coefficient (Wildman–Crippen LogP) is 3.99. The van der Waals surface area contributed by atoms with Crippen LogP contribution < -0.4 is 4.90 Å². The van der Waals surface area contributed by atoms with Gasteiger partial charge in [0.15, 0.2) is 11.2 Å². The quantitative estimate of drug-likeness (QED) is 0.622. The lowest BCUT2D eigenvalue weighted by atomic mass is 10.0. The van der Waals surface area contributed by atoms with Crippen molar-refractivity contribution in [2.45, 2.75) is 6.04 Å². The zero-order valence-corrected chi connectivity index (χ0v) is 16.1. The molecule has 1 aliphatic rings. The van der Waals surface area contributed by atoms with Crippen molar-refractivity contribution < 1.29 is 18.7 Å². The minimum atomic E-state index is -0.474. The molecule has 1 aliphatic heterocycles. The highest BCUT2D eigenvalue weighted by Crippen LogP contribution is 2.31. The van der Waals surface area contributed by atoms with Crippen LogP contribution in [0.15, 0.2) is 53.9 Å². The van der Waals surface area contributed by atoms with E-state index in [1.807, 2.05) is 34.5 Å². The van der Waals surface area contributed by atoms with E-state index >= 15 is 0 Å². The molecule has 1 atom stereocenters. The molecule has 4 rings (SSSR count). The van der Waals surface area contributed by atoms with Gasteiger partial charge in [0.2, 0.25) is 0 Å². The molecule has 1 fully saturated rings. The zero-order chi connectivity index (χ0) is 19.5. The number of morpholine rings is 1. The molecule has 2 heterocycles. The Bertz CT molecular complexity index is 957. The molecule has 0 N–H and O–H groups in total. The van der Waals surface area contributed by atoms with Gasteiger partial charge in [0.05, 0.1) is 26.0 Å². The first-order valence-corrected chi connectivity index (χ1v) is 9.78. The van der Waals surface area contributed by atoms with E-state index < -0.39 is 6.04 Å². The van der Waals surface area contributed by atoms with E-state index in [9.17, 15) is 9.18 Å². The second kappa shape index (κ2) is 8.08. The molecule has 0 radical (unpaired) electrons. The second-order valence-electron chi connectivity index (χ2n) is 6.41. The number of anilines is 1. The van der Waals surface area contributed by atoms with Crippen molar-refractivity contribution in [3.63, 3.8) is 0 Å². The minimum Gasteiger partial charge on any atom is -0.467 e. The summed E-state index contributed by atoms with van der Waals surface area (Å²) < 4.78 is 23.4. The third kappa shape index (κ3) is 3.76. The standard InChI is InChI=1S/C21H19FN2O3S/c1-26-20(25)19-12-27-11-10-24(19)21-23-18(13-28-21)16-4-2-14(3-5-16)15-6-8-17(22)9-7-15/h2-9,13,19H,10-12H2,1H3. The summed E-state index contributed by atoms with van der Waals surface area (Å²) in [5.41, 5.74) is 3.80. The minimum absolute atomic E-state index is 0.247. The van der Waals surface area contributed by atoms with Crippen LogP contribution in [-0.4, -0.2) is 43.9 Å². The van der Waals surface area contributed by atoms with Gasteiger partial charge in [-0.2, -0.15) is 0 Å². The fraction of sp³-hybridized carbons (Fsp3) is 0.238. The van der Waals surface area contributed by atoms with Crippen LogP contribution in [0.1, 0.15) is 0 Å². The summed E-state index contributed by atoms with van der Waals surface area (Å²) in [6.45, 7) is 1.44. The molecule has 0 amide bonds. The number of rotatable bonds is 4. The van der Waals surface area contributed by atoms with E-state index in [2.05, 4.69) is 0 Å². The first-order chi connectivity index (χ1) is 13.7. The Morgan fingerprint density at radius 2 is 1.79 bits per heavy atom. The van der Waals surface area contributed by atoms with Crippen LogP contribution in [0.25, 0.3) is 22.4 Å².